The largest absolute Gasteiger partial charge is 0.450 e. The van der Waals surface area contributed by atoms with Crippen molar-refractivity contribution in [1.82, 2.24) is 15.1 Å². The molecule has 12 heteroatoms. The summed E-state index contributed by atoms with van der Waals surface area (Å²) in [5.74, 6) is -7.08. The summed E-state index contributed by atoms with van der Waals surface area (Å²) < 4.78 is 17.4. The van der Waals surface area contributed by atoms with Crippen molar-refractivity contribution in [2.75, 3.05) is 14.1 Å². The first-order valence-corrected chi connectivity index (χ1v) is 16.1. The number of amides is 3. The van der Waals surface area contributed by atoms with Crippen LogP contribution in [0.2, 0.25) is 0 Å². The first kappa shape index (κ1) is 39.8. The van der Waals surface area contributed by atoms with E-state index < -0.39 is 108 Å². The fourth-order valence-corrected chi connectivity index (χ4v) is 5.34. The number of nitrogens with zero attached hydrogens (tertiary/aromatic N) is 2. The molecule has 3 amide bonds. The Hall–Kier alpha value is -3.18. The number of hydrogen-bond donors (Lipinski definition) is 1. The summed E-state index contributed by atoms with van der Waals surface area (Å²) in [6.45, 7) is 20.8. The van der Waals surface area contributed by atoms with Gasteiger partial charge >= 0.3 is 17.9 Å². The molecular weight excluding hydrogens is 582 g/mol. The van der Waals surface area contributed by atoms with Gasteiger partial charge in [-0.1, -0.05) is 83.1 Å². The lowest BCUT2D eigenvalue weighted by Gasteiger charge is -2.37. The van der Waals surface area contributed by atoms with E-state index in [-0.39, 0.29) is 0 Å². The number of cyclic esters (lactones) is 3. The maximum Gasteiger partial charge on any atom is 0.329 e. The highest BCUT2D eigenvalue weighted by atomic mass is 16.6. The van der Waals surface area contributed by atoms with Gasteiger partial charge < -0.3 is 29.3 Å². The molecule has 0 spiro atoms. The van der Waals surface area contributed by atoms with Crippen LogP contribution in [0.5, 0.6) is 0 Å². The first-order chi connectivity index (χ1) is 20.7. The van der Waals surface area contributed by atoms with Crippen LogP contribution < -0.4 is 5.32 Å². The van der Waals surface area contributed by atoms with Crippen LogP contribution in [-0.2, 0) is 43.0 Å². The minimum absolute atomic E-state index is 0.431. The number of carbonyl (C=O) groups is 6. The monoisotopic (exact) mass is 639 g/mol. The zero-order valence-corrected chi connectivity index (χ0v) is 29.7. The van der Waals surface area contributed by atoms with Crippen LogP contribution in [0.15, 0.2) is 0 Å². The number of hydrogen-bond acceptors (Lipinski definition) is 9. The van der Waals surface area contributed by atoms with E-state index in [9.17, 15) is 28.8 Å². The Labute approximate surface area is 269 Å². The normalized spacial score (nSPS) is 27.9. The van der Waals surface area contributed by atoms with E-state index in [2.05, 4.69) is 5.32 Å². The molecule has 7 atom stereocenters. The summed E-state index contributed by atoms with van der Waals surface area (Å²) in [5.41, 5.74) is 0. The van der Waals surface area contributed by atoms with E-state index in [1.54, 1.807) is 76.2 Å². The van der Waals surface area contributed by atoms with Gasteiger partial charge in [0.15, 0.2) is 18.3 Å². The molecule has 1 aliphatic rings. The molecule has 1 heterocycles. The molecule has 0 aromatic heterocycles. The summed E-state index contributed by atoms with van der Waals surface area (Å²) in [4.78, 5) is 84.7. The molecule has 0 radical (unpaired) electrons. The SMILES string of the molecule is CC[C@H](C)[C@H]1OC(=O)[C@H](C(C)C)N(C)C(=O)[C@@H](C(C)C)OC(=O)[C@H](C(C)C)NC(=O)[C@@H](C(C)C)OC(=O)[C@H](C(C)C)N(C)C1=O. The highest BCUT2D eigenvalue weighted by Crippen LogP contribution is 2.24. The molecule has 258 valence electrons. The predicted molar refractivity (Wildman–Crippen MR) is 168 cm³/mol. The van der Waals surface area contributed by atoms with Crippen molar-refractivity contribution in [2.24, 2.45) is 35.5 Å². The van der Waals surface area contributed by atoms with Crippen LogP contribution in [0, 0.1) is 35.5 Å². The van der Waals surface area contributed by atoms with Crippen molar-refractivity contribution < 1.29 is 43.0 Å². The van der Waals surface area contributed by atoms with Crippen LogP contribution in [0.3, 0.4) is 0 Å². The van der Waals surface area contributed by atoms with Crippen LogP contribution >= 0.6 is 0 Å². The zero-order chi connectivity index (χ0) is 35.1. The molecule has 0 unspecified atom stereocenters. The number of nitrogens with one attached hydrogen (secondary N) is 1. The van der Waals surface area contributed by atoms with Gasteiger partial charge in [-0.2, -0.15) is 0 Å². The van der Waals surface area contributed by atoms with Gasteiger partial charge in [-0.15, -0.1) is 0 Å². The maximum absolute atomic E-state index is 14.0. The number of carbonyl (C=O) groups excluding carboxylic acids is 6. The highest BCUT2D eigenvalue weighted by molar-refractivity contribution is 5.94. The van der Waals surface area contributed by atoms with Crippen molar-refractivity contribution in [3.05, 3.63) is 0 Å². The molecule has 1 rings (SSSR count). The third kappa shape index (κ3) is 9.90. The van der Waals surface area contributed by atoms with Gasteiger partial charge in [0.05, 0.1) is 0 Å². The van der Waals surface area contributed by atoms with Crippen LogP contribution in [0.4, 0.5) is 0 Å². The zero-order valence-electron chi connectivity index (χ0n) is 29.7. The van der Waals surface area contributed by atoms with Gasteiger partial charge in [0.25, 0.3) is 17.7 Å². The third-order valence-corrected chi connectivity index (χ3v) is 8.34. The molecule has 1 aliphatic heterocycles. The summed E-state index contributed by atoms with van der Waals surface area (Å²) in [6.07, 6.45) is -3.36. The van der Waals surface area contributed by atoms with Gasteiger partial charge in [-0.3, -0.25) is 14.4 Å². The average Bonchev–Trinajstić information content (AvgIpc) is 2.93. The lowest BCUT2D eigenvalue weighted by atomic mass is 9.96. The lowest BCUT2D eigenvalue weighted by molar-refractivity contribution is -0.179. The van der Waals surface area contributed by atoms with E-state index in [0.29, 0.717) is 6.42 Å². The fourth-order valence-electron chi connectivity index (χ4n) is 5.34. The Bertz CT molecular complexity index is 1070. The maximum atomic E-state index is 14.0. The minimum Gasteiger partial charge on any atom is -0.450 e. The summed E-state index contributed by atoms with van der Waals surface area (Å²) in [5, 5.41) is 2.67. The molecule has 1 saturated heterocycles. The van der Waals surface area contributed by atoms with Crippen LogP contribution in [0.1, 0.15) is 89.5 Å². The summed E-state index contributed by atoms with van der Waals surface area (Å²) >= 11 is 0. The van der Waals surface area contributed by atoms with Crippen molar-refractivity contribution in [3.63, 3.8) is 0 Å². The van der Waals surface area contributed by atoms with Crippen molar-refractivity contribution in [1.29, 1.82) is 0 Å². The second-order valence-electron chi connectivity index (χ2n) is 14.0. The topological polar surface area (TPSA) is 149 Å². The predicted octanol–water partition coefficient (Wildman–Crippen LogP) is 3.20. The van der Waals surface area contributed by atoms with E-state index in [1.165, 1.54) is 23.9 Å². The minimum atomic E-state index is -1.29. The molecule has 0 aromatic rings. The smallest absolute Gasteiger partial charge is 0.329 e. The van der Waals surface area contributed by atoms with Crippen LogP contribution in [0.25, 0.3) is 0 Å². The highest BCUT2D eigenvalue weighted by Gasteiger charge is 2.44. The molecule has 0 saturated carbocycles. The van der Waals surface area contributed by atoms with E-state index >= 15 is 0 Å². The Morgan fingerprint density at radius 1 is 0.556 bits per heavy atom. The first-order valence-electron chi connectivity index (χ1n) is 16.1. The van der Waals surface area contributed by atoms with Gasteiger partial charge in [0.2, 0.25) is 0 Å². The fraction of sp³-hybridized carbons (Fsp3) is 0.818. The number of ether oxygens (including phenoxy) is 3. The van der Waals surface area contributed by atoms with E-state index in [1.807, 2.05) is 6.92 Å². The molecule has 1 fully saturated rings. The standard InChI is InChI=1S/C33H57N3O9/c1-15-21(12)27-30(39)36(14)23(17(4)5)32(41)43-25(19(8)9)28(37)34-22(16(2)3)31(40)44-26(20(10)11)29(38)35(13)24(18(6)7)33(42)45-27/h16-27H,15H2,1-14H3,(H,34,37)/t21-,22-,23-,24-,25+,26+,27+/m0/s1. The number of rotatable bonds is 7. The average molecular weight is 640 g/mol. The van der Waals surface area contributed by atoms with E-state index in [4.69, 9.17) is 14.2 Å². The van der Waals surface area contributed by atoms with Gasteiger partial charge in [0, 0.05) is 20.0 Å². The molecule has 0 aliphatic carbocycles. The molecule has 0 aromatic carbocycles. The van der Waals surface area contributed by atoms with Crippen molar-refractivity contribution in [3.8, 4) is 0 Å². The van der Waals surface area contributed by atoms with Crippen molar-refractivity contribution in [2.45, 2.75) is 126 Å². The summed E-state index contributed by atoms with van der Waals surface area (Å²) in [6, 6.07) is -3.39. The second kappa shape index (κ2) is 16.9. The Morgan fingerprint density at radius 2 is 0.933 bits per heavy atom. The summed E-state index contributed by atoms with van der Waals surface area (Å²) in [7, 11) is 2.87. The lowest BCUT2D eigenvalue weighted by Crippen LogP contribution is -2.57. The van der Waals surface area contributed by atoms with Gasteiger partial charge in [-0.25, -0.2) is 14.4 Å². The third-order valence-electron chi connectivity index (χ3n) is 8.34. The number of esters is 3. The Morgan fingerprint density at radius 3 is 1.29 bits per heavy atom. The Kier molecular flexibility index (Phi) is 15.0. The molecule has 1 N–H and O–H groups in total. The van der Waals surface area contributed by atoms with Crippen LogP contribution in [-0.4, -0.2) is 96.0 Å². The molecule has 0 bridgehead atoms. The molecular formula is C33H57N3O9. The second-order valence-corrected chi connectivity index (χ2v) is 14.0. The van der Waals surface area contributed by atoms with Crippen molar-refractivity contribution >= 4 is 35.6 Å². The molecule has 12 nitrogen and oxygen atoms in total. The van der Waals surface area contributed by atoms with Gasteiger partial charge in [-0.05, 0) is 36.0 Å². The van der Waals surface area contributed by atoms with Gasteiger partial charge in [0.1, 0.15) is 18.1 Å². The Balaban J connectivity index is 3.89. The number of likely N-dealkylation sites (N-methyl/N-ethyl adjacent to an activating group) is 2. The quantitative estimate of drug-likeness (QED) is 0.327. The van der Waals surface area contributed by atoms with E-state index in [0.717, 1.165) is 0 Å². The molecule has 45 heavy (non-hydrogen) atoms.